The van der Waals surface area contributed by atoms with Crippen molar-refractivity contribution in [3.63, 3.8) is 0 Å². The summed E-state index contributed by atoms with van der Waals surface area (Å²) in [6, 6.07) is 7.03. The summed E-state index contributed by atoms with van der Waals surface area (Å²) in [5.74, 6) is -0.925. The molecule has 0 aliphatic rings. The molecule has 0 aliphatic heterocycles. The van der Waals surface area contributed by atoms with Crippen LogP contribution in [0, 0.1) is 5.82 Å². The quantitative estimate of drug-likeness (QED) is 0.585. The van der Waals surface area contributed by atoms with Crippen LogP contribution in [-0.2, 0) is 9.84 Å². The third-order valence-electron chi connectivity index (χ3n) is 3.13. The maximum absolute atomic E-state index is 13.0. The molecular formula is C15H13BrFNO3S. The first-order valence-corrected chi connectivity index (χ1v) is 9.24. The van der Waals surface area contributed by atoms with E-state index in [1.165, 1.54) is 43.5 Å². The Morgan fingerprint density at radius 1 is 1.23 bits per heavy atom. The fraction of sp³-hybridized carbons (Fsp3) is 0.200. The van der Waals surface area contributed by atoms with E-state index in [4.69, 9.17) is 0 Å². The number of halogens is 2. The third-order valence-corrected chi connectivity index (χ3v) is 5.38. The zero-order valence-electron chi connectivity index (χ0n) is 11.7. The van der Waals surface area contributed by atoms with E-state index in [1.54, 1.807) is 0 Å². The van der Waals surface area contributed by atoms with Crippen LogP contribution >= 0.6 is 15.9 Å². The van der Waals surface area contributed by atoms with Gasteiger partial charge in [0.25, 0.3) is 0 Å². The van der Waals surface area contributed by atoms with Gasteiger partial charge in [-0.3, -0.25) is 9.78 Å². The van der Waals surface area contributed by atoms with E-state index in [0.29, 0.717) is 11.1 Å². The van der Waals surface area contributed by atoms with Crippen molar-refractivity contribution in [2.75, 3.05) is 11.1 Å². The Balaban J connectivity index is 2.64. The Hall–Kier alpha value is -1.60. The molecule has 0 N–H and O–H groups in total. The van der Waals surface area contributed by atoms with E-state index < -0.39 is 15.6 Å². The van der Waals surface area contributed by atoms with E-state index in [9.17, 15) is 17.6 Å². The van der Waals surface area contributed by atoms with Gasteiger partial charge >= 0.3 is 0 Å². The van der Waals surface area contributed by atoms with Crippen molar-refractivity contribution < 1.29 is 17.6 Å². The first-order chi connectivity index (χ1) is 10.4. The Bertz CT molecular complexity index is 804. The molecule has 1 aromatic heterocycles. The second-order valence-corrected chi connectivity index (χ2v) is 7.35. The largest absolute Gasteiger partial charge is 0.291 e. The number of carbonyl (C=O) groups is 1. The minimum atomic E-state index is -3.60. The summed E-state index contributed by atoms with van der Waals surface area (Å²) in [4.78, 5) is 15.8. The lowest BCUT2D eigenvalue weighted by Crippen LogP contribution is -2.14. The second kappa shape index (κ2) is 6.66. The Morgan fingerprint density at radius 2 is 1.86 bits per heavy atom. The predicted molar refractivity (Wildman–Crippen MR) is 85.5 cm³/mol. The molecule has 0 spiro atoms. The highest BCUT2D eigenvalue weighted by Gasteiger charge is 2.22. The van der Waals surface area contributed by atoms with Crippen LogP contribution in [-0.4, -0.2) is 30.3 Å². The van der Waals surface area contributed by atoms with Crippen molar-refractivity contribution in [1.29, 1.82) is 0 Å². The molecule has 0 saturated carbocycles. The van der Waals surface area contributed by atoms with Gasteiger partial charge in [0.2, 0.25) is 0 Å². The van der Waals surface area contributed by atoms with E-state index in [-0.39, 0.29) is 27.5 Å². The lowest BCUT2D eigenvalue weighted by Gasteiger charge is -2.09. The summed E-state index contributed by atoms with van der Waals surface area (Å²) >= 11 is 3.02. The fourth-order valence-corrected chi connectivity index (χ4v) is 3.25. The van der Waals surface area contributed by atoms with E-state index in [0.717, 1.165) is 0 Å². The van der Waals surface area contributed by atoms with Crippen molar-refractivity contribution in [2.24, 2.45) is 0 Å². The molecule has 22 heavy (non-hydrogen) atoms. The smallest absolute Gasteiger partial charge is 0.193 e. The van der Waals surface area contributed by atoms with Crippen molar-refractivity contribution in [2.45, 2.75) is 11.8 Å². The number of hydrogen-bond acceptors (Lipinski definition) is 4. The number of hydrogen-bond donors (Lipinski definition) is 0. The standard InChI is InChI=1S/C15H13BrFNO3S/c1-2-22(20,21)14-7-11(9-18-15(14)13(19)8-16)10-3-5-12(17)6-4-10/h3-7,9H,2,8H2,1H3. The van der Waals surface area contributed by atoms with Gasteiger partial charge in [-0.1, -0.05) is 35.0 Å². The number of nitrogens with zero attached hydrogens (tertiary/aromatic N) is 1. The summed E-state index contributed by atoms with van der Waals surface area (Å²) in [6.07, 6.45) is 1.41. The first kappa shape index (κ1) is 16.8. The number of rotatable bonds is 5. The fourth-order valence-electron chi connectivity index (χ4n) is 1.91. The Morgan fingerprint density at radius 3 is 2.41 bits per heavy atom. The molecule has 0 radical (unpaired) electrons. The molecular weight excluding hydrogens is 373 g/mol. The van der Waals surface area contributed by atoms with Crippen LogP contribution in [0.4, 0.5) is 4.39 Å². The van der Waals surface area contributed by atoms with Gasteiger partial charge in [-0.05, 0) is 23.8 Å². The number of aromatic nitrogens is 1. The van der Waals surface area contributed by atoms with Gasteiger partial charge in [-0.15, -0.1) is 0 Å². The number of pyridine rings is 1. The average Bonchev–Trinajstić information content (AvgIpc) is 2.54. The maximum atomic E-state index is 13.0. The summed E-state index contributed by atoms with van der Waals surface area (Å²) < 4.78 is 37.4. The molecule has 7 heteroatoms. The summed E-state index contributed by atoms with van der Waals surface area (Å²) in [5, 5.41) is -0.0118. The van der Waals surface area contributed by atoms with Crippen molar-refractivity contribution in [3.05, 3.63) is 48.0 Å². The Labute approximate surface area is 136 Å². The average molecular weight is 386 g/mol. The highest BCUT2D eigenvalue weighted by atomic mass is 79.9. The molecule has 4 nitrogen and oxygen atoms in total. The van der Waals surface area contributed by atoms with E-state index in [1.807, 2.05) is 0 Å². The molecule has 0 saturated heterocycles. The number of Topliss-reactive ketones (excluding diaryl/α,β-unsaturated/α-hetero) is 1. The van der Waals surface area contributed by atoms with E-state index >= 15 is 0 Å². The maximum Gasteiger partial charge on any atom is 0.193 e. The molecule has 1 aromatic carbocycles. The summed E-state index contributed by atoms with van der Waals surface area (Å²) in [7, 11) is -3.60. The number of ketones is 1. The predicted octanol–water partition coefficient (Wildman–Crippen LogP) is 3.26. The van der Waals surface area contributed by atoms with Gasteiger partial charge in [0.1, 0.15) is 11.5 Å². The van der Waals surface area contributed by atoms with E-state index in [2.05, 4.69) is 20.9 Å². The van der Waals surface area contributed by atoms with Crippen molar-refractivity contribution in [3.8, 4) is 11.1 Å². The second-order valence-electron chi connectivity index (χ2n) is 4.54. The van der Waals surface area contributed by atoms with Crippen LogP contribution < -0.4 is 0 Å². The molecule has 0 fully saturated rings. The lowest BCUT2D eigenvalue weighted by molar-refractivity contribution is 0.101. The zero-order valence-corrected chi connectivity index (χ0v) is 14.1. The SMILES string of the molecule is CCS(=O)(=O)c1cc(-c2ccc(F)cc2)cnc1C(=O)CBr. The molecule has 0 unspecified atom stereocenters. The minimum Gasteiger partial charge on any atom is -0.291 e. The topological polar surface area (TPSA) is 64.1 Å². The monoisotopic (exact) mass is 385 g/mol. The van der Waals surface area contributed by atoms with Gasteiger partial charge in [0.15, 0.2) is 15.6 Å². The number of benzene rings is 1. The third kappa shape index (κ3) is 3.41. The molecule has 2 aromatic rings. The molecule has 2 rings (SSSR count). The van der Waals surface area contributed by atoms with Crippen LogP contribution in [0.15, 0.2) is 41.4 Å². The van der Waals surface area contributed by atoms with Gasteiger partial charge in [-0.25, -0.2) is 12.8 Å². The van der Waals surface area contributed by atoms with Gasteiger partial charge < -0.3 is 0 Å². The minimum absolute atomic E-state index is 0.0118. The van der Waals surface area contributed by atoms with Crippen LogP contribution in [0.2, 0.25) is 0 Å². The molecule has 0 amide bonds. The van der Waals surface area contributed by atoms with Crippen LogP contribution in [0.1, 0.15) is 17.4 Å². The molecule has 0 atom stereocenters. The van der Waals surface area contributed by atoms with Gasteiger partial charge in [-0.2, -0.15) is 0 Å². The molecule has 0 aliphatic carbocycles. The normalized spacial score (nSPS) is 11.4. The van der Waals surface area contributed by atoms with Gasteiger partial charge in [0, 0.05) is 11.8 Å². The lowest BCUT2D eigenvalue weighted by atomic mass is 10.1. The number of carbonyl (C=O) groups excluding carboxylic acids is 1. The van der Waals surface area contributed by atoms with Crippen LogP contribution in [0.5, 0.6) is 0 Å². The van der Waals surface area contributed by atoms with Crippen LogP contribution in [0.25, 0.3) is 11.1 Å². The molecule has 116 valence electrons. The van der Waals surface area contributed by atoms with Crippen molar-refractivity contribution in [1.82, 2.24) is 4.98 Å². The number of sulfone groups is 1. The first-order valence-electron chi connectivity index (χ1n) is 6.47. The highest BCUT2D eigenvalue weighted by Crippen LogP contribution is 2.25. The number of alkyl halides is 1. The Kier molecular flexibility index (Phi) is 5.08. The van der Waals surface area contributed by atoms with Gasteiger partial charge in [0.05, 0.1) is 16.0 Å². The molecule has 0 bridgehead atoms. The van der Waals surface area contributed by atoms with Crippen LogP contribution in [0.3, 0.4) is 0 Å². The van der Waals surface area contributed by atoms with Crippen molar-refractivity contribution >= 4 is 31.6 Å². The highest BCUT2D eigenvalue weighted by molar-refractivity contribution is 9.09. The summed E-state index contributed by atoms with van der Waals surface area (Å²) in [6.45, 7) is 1.50. The molecule has 1 heterocycles. The summed E-state index contributed by atoms with van der Waals surface area (Å²) in [5.41, 5.74) is 1.06. The zero-order chi connectivity index (χ0) is 16.3.